The zero-order chi connectivity index (χ0) is 48.8. The number of unbranched alkanes of at least 4 members (excludes halogenated alkanes) is 1. The van der Waals surface area contributed by atoms with E-state index in [1.807, 2.05) is 76.5 Å². The number of aliphatic hydroxyl groups excluding tert-OH is 1. The molecule has 3 atom stereocenters. The number of benzene rings is 2. The summed E-state index contributed by atoms with van der Waals surface area (Å²) in [6, 6.07) is 12.9. The van der Waals surface area contributed by atoms with E-state index in [9.17, 15) is 28.7 Å². The van der Waals surface area contributed by atoms with Gasteiger partial charge in [-0.1, -0.05) is 51.1 Å². The van der Waals surface area contributed by atoms with Crippen molar-refractivity contribution in [2.24, 2.45) is 5.41 Å². The maximum atomic E-state index is 14.8. The molecule has 2 aliphatic heterocycles. The number of likely N-dealkylation sites (tertiary alicyclic amines) is 1. The van der Waals surface area contributed by atoms with Gasteiger partial charge in [0.1, 0.15) is 30.0 Å². The Morgan fingerprint density at radius 3 is 2.51 bits per heavy atom. The Kier molecular flexibility index (Phi) is 14.9. The fourth-order valence-corrected chi connectivity index (χ4v) is 9.64. The van der Waals surface area contributed by atoms with Crippen molar-refractivity contribution in [1.82, 2.24) is 50.4 Å². The van der Waals surface area contributed by atoms with Crippen LogP contribution >= 0.6 is 11.3 Å². The standard InChI is InChI=1S/C50H58FN11O6S/c1-29-35(38-25-55-49(62-27-57-60-46(38)62)54-24-37-36-19-21-68-41(36)17-16-39(37)51)15-13-33(58-29)14-18-42(64)52-20-7-6-8-43(65)59-45(50(3,4)5)48(67)61-26-34(63)22-40(61)47(66)53-23-31-9-11-32(12-10-31)44-30(2)56-28-69-44/h9-13,15-17,25,27-28,34,40,45,63H,6-8,14,18-24,26H2,1-5H3,(H,52,64)(H,53,66)(H,54,55)(H,59,65)/t34-,40+,45-/m1/s1. The molecule has 8 rings (SSSR count). The summed E-state index contributed by atoms with van der Waals surface area (Å²) in [5.41, 5.74) is 8.99. The fourth-order valence-electron chi connectivity index (χ4n) is 8.83. The first-order valence-electron chi connectivity index (χ1n) is 23.3. The van der Waals surface area contributed by atoms with Crippen molar-refractivity contribution in [2.45, 2.75) is 111 Å². The summed E-state index contributed by atoms with van der Waals surface area (Å²) < 4.78 is 22.1. The summed E-state index contributed by atoms with van der Waals surface area (Å²) in [4.78, 5) is 69.7. The number of rotatable bonds is 18. The van der Waals surface area contributed by atoms with E-state index in [0.29, 0.717) is 61.7 Å². The van der Waals surface area contributed by atoms with Gasteiger partial charge in [-0.25, -0.2) is 14.4 Å². The van der Waals surface area contributed by atoms with Crippen molar-refractivity contribution in [3.8, 4) is 27.3 Å². The lowest BCUT2D eigenvalue weighted by Gasteiger charge is -2.35. The lowest BCUT2D eigenvalue weighted by Crippen LogP contribution is -2.57. The minimum Gasteiger partial charge on any atom is -0.493 e. The van der Waals surface area contributed by atoms with Gasteiger partial charge in [0.15, 0.2) is 5.65 Å². The molecule has 19 heteroatoms. The molecule has 6 aromatic rings. The molecule has 1 fully saturated rings. The van der Waals surface area contributed by atoms with Gasteiger partial charge in [0.05, 0.1) is 28.8 Å². The number of nitrogens with one attached hydrogen (secondary N) is 4. The molecular weight excluding hydrogens is 902 g/mol. The third kappa shape index (κ3) is 11.4. The van der Waals surface area contributed by atoms with Crippen LogP contribution in [0, 0.1) is 25.1 Å². The Bertz CT molecular complexity index is 2840. The molecule has 4 amide bonds. The van der Waals surface area contributed by atoms with Gasteiger partial charge in [-0.2, -0.15) is 0 Å². The first kappa shape index (κ1) is 48.6. The van der Waals surface area contributed by atoms with E-state index in [1.165, 1.54) is 11.0 Å². The number of aliphatic hydroxyl groups is 1. The molecule has 2 aromatic carbocycles. The molecule has 362 valence electrons. The fraction of sp³-hybridized carbons (Fsp3) is 0.420. The third-order valence-electron chi connectivity index (χ3n) is 12.6. The van der Waals surface area contributed by atoms with E-state index in [0.717, 1.165) is 49.8 Å². The lowest BCUT2D eigenvalue weighted by molar-refractivity contribution is -0.144. The first-order valence-corrected chi connectivity index (χ1v) is 24.2. The number of carbonyl (C=O) groups is 4. The van der Waals surface area contributed by atoms with Crippen LogP contribution in [0.25, 0.3) is 27.2 Å². The van der Waals surface area contributed by atoms with Crippen LogP contribution in [0.5, 0.6) is 5.75 Å². The van der Waals surface area contributed by atoms with Crippen LogP contribution in [0.3, 0.4) is 0 Å². The summed E-state index contributed by atoms with van der Waals surface area (Å²) >= 11 is 1.57. The Hall–Kier alpha value is -6.86. The number of ether oxygens (including phenoxy) is 1. The number of halogens is 1. The van der Waals surface area contributed by atoms with Gasteiger partial charge >= 0.3 is 0 Å². The van der Waals surface area contributed by atoms with Crippen molar-refractivity contribution in [3.05, 3.63) is 106 Å². The zero-order valence-electron chi connectivity index (χ0n) is 39.5. The van der Waals surface area contributed by atoms with Crippen LogP contribution in [0.15, 0.2) is 66.6 Å². The van der Waals surface area contributed by atoms with E-state index in [4.69, 9.17) is 9.72 Å². The van der Waals surface area contributed by atoms with Crippen molar-refractivity contribution >= 4 is 46.6 Å². The smallest absolute Gasteiger partial charge is 0.246 e. The predicted molar refractivity (Wildman–Crippen MR) is 259 cm³/mol. The van der Waals surface area contributed by atoms with Crippen LogP contribution in [0.2, 0.25) is 0 Å². The summed E-state index contributed by atoms with van der Waals surface area (Å²) in [5.74, 6) is -0.392. The van der Waals surface area contributed by atoms with Crippen molar-refractivity contribution in [3.63, 3.8) is 0 Å². The molecule has 17 nitrogen and oxygen atoms in total. The lowest BCUT2D eigenvalue weighted by atomic mass is 9.85. The van der Waals surface area contributed by atoms with Gasteiger partial charge in [0.2, 0.25) is 29.6 Å². The molecule has 0 radical (unpaired) electrons. The van der Waals surface area contributed by atoms with E-state index in [2.05, 4.69) is 41.4 Å². The van der Waals surface area contributed by atoms with Crippen LogP contribution < -0.4 is 26.0 Å². The highest BCUT2D eigenvalue weighted by atomic mass is 32.1. The predicted octanol–water partition coefficient (Wildman–Crippen LogP) is 5.64. The SMILES string of the molecule is Cc1nc(CCC(=O)NCCCCC(=O)N[C@H](C(=O)N2C[C@H](O)C[C@H]2C(=O)NCc2ccc(-c3scnc3C)cc2)C(C)(C)C)ccc1-c1cnc(NCc2c(F)ccc3c2CCO3)n2cnnc12. The quantitative estimate of drug-likeness (QED) is 0.0662. The van der Waals surface area contributed by atoms with Crippen LogP contribution in [-0.2, 0) is 45.1 Å². The van der Waals surface area contributed by atoms with Gasteiger partial charge in [0, 0.05) is 91.7 Å². The number of β-amino-alcohol motifs (C(OH)–C–C–N with tert-alkyl or cyclic N) is 1. The largest absolute Gasteiger partial charge is 0.493 e. The van der Waals surface area contributed by atoms with Gasteiger partial charge in [0.25, 0.3) is 0 Å². The maximum absolute atomic E-state index is 14.8. The summed E-state index contributed by atoms with van der Waals surface area (Å²) in [7, 11) is 0. The third-order valence-corrected chi connectivity index (χ3v) is 13.6. The van der Waals surface area contributed by atoms with Gasteiger partial charge < -0.3 is 36.0 Å². The topological polar surface area (TPSA) is 218 Å². The average Bonchev–Trinajstić information content (AvgIpc) is 4.17. The normalized spacial score (nSPS) is 16.0. The van der Waals surface area contributed by atoms with Gasteiger partial charge in [-0.05, 0) is 67.9 Å². The molecule has 0 spiro atoms. The number of carbonyl (C=O) groups excluding carboxylic acids is 4. The second-order valence-electron chi connectivity index (χ2n) is 18.7. The highest BCUT2D eigenvalue weighted by molar-refractivity contribution is 7.13. The minimum absolute atomic E-state index is 0.0134. The molecule has 5 N–H and O–H groups in total. The molecule has 69 heavy (non-hydrogen) atoms. The summed E-state index contributed by atoms with van der Waals surface area (Å²) in [6.45, 7) is 10.7. The second kappa shape index (κ2) is 21.2. The van der Waals surface area contributed by atoms with Crippen LogP contribution in [0.1, 0.15) is 86.6 Å². The number of pyridine rings is 1. The molecule has 2 aliphatic rings. The number of aryl methyl sites for hydroxylation is 3. The highest BCUT2D eigenvalue weighted by Gasteiger charge is 2.44. The second-order valence-corrected chi connectivity index (χ2v) is 19.5. The minimum atomic E-state index is -0.933. The van der Waals surface area contributed by atoms with Crippen molar-refractivity contribution in [1.29, 1.82) is 0 Å². The zero-order valence-corrected chi connectivity index (χ0v) is 40.3. The number of aromatic nitrogens is 6. The summed E-state index contributed by atoms with van der Waals surface area (Å²) in [5, 5.41) is 31.0. The number of thiazole rings is 1. The van der Waals surface area contributed by atoms with E-state index in [1.54, 1.807) is 34.3 Å². The van der Waals surface area contributed by atoms with E-state index < -0.39 is 29.5 Å². The number of amides is 4. The van der Waals surface area contributed by atoms with Crippen molar-refractivity contribution in [2.75, 3.05) is 25.0 Å². The molecule has 4 aromatic heterocycles. The molecule has 0 aliphatic carbocycles. The maximum Gasteiger partial charge on any atom is 0.246 e. The molecule has 1 saturated heterocycles. The van der Waals surface area contributed by atoms with Crippen molar-refractivity contribution < 1.29 is 33.4 Å². The summed E-state index contributed by atoms with van der Waals surface area (Å²) in [6.07, 6.45) is 4.92. The van der Waals surface area contributed by atoms with Crippen LogP contribution in [0.4, 0.5) is 10.3 Å². The molecule has 0 bridgehead atoms. The number of hydrogen-bond donors (Lipinski definition) is 5. The Balaban J connectivity index is 0.768. The molecule has 6 heterocycles. The number of nitrogens with zero attached hydrogens (tertiary/aromatic N) is 7. The van der Waals surface area contributed by atoms with Gasteiger partial charge in [-0.3, -0.25) is 28.6 Å². The van der Waals surface area contributed by atoms with Gasteiger partial charge in [-0.15, -0.1) is 21.5 Å². The Labute approximate surface area is 403 Å². The molecule has 0 unspecified atom stereocenters. The highest BCUT2D eigenvalue weighted by Crippen LogP contribution is 2.33. The molecule has 0 saturated carbocycles. The Morgan fingerprint density at radius 2 is 1.75 bits per heavy atom. The van der Waals surface area contributed by atoms with Crippen LogP contribution in [-0.4, -0.2) is 101 Å². The average molecular weight is 960 g/mol. The van der Waals surface area contributed by atoms with E-state index in [-0.39, 0.29) is 62.4 Å². The number of fused-ring (bicyclic) bond motifs is 2. The first-order chi connectivity index (χ1) is 33.1. The van der Waals surface area contributed by atoms with E-state index >= 15 is 0 Å². The molecular formula is C50H58FN11O6S. The number of anilines is 1. The monoisotopic (exact) mass is 959 g/mol. The number of hydrogen-bond acceptors (Lipinski definition) is 13. The Morgan fingerprint density at radius 1 is 0.942 bits per heavy atom.